The standard InChI is InChI=1S/C16H15N3OS2/c1-10-9-21-16(17-10)19-15(20)11(2)22-14-8-7-12-5-3-4-6-13(12)18-14/h3-9,11H,1-2H3,(H,17,19,20)/t11-/m0/s1. The van der Waals surface area contributed by atoms with Crippen molar-refractivity contribution in [3.63, 3.8) is 0 Å². The van der Waals surface area contributed by atoms with E-state index in [0.29, 0.717) is 5.13 Å². The number of carbonyl (C=O) groups is 1. The van der Waals surface area contributed by atoms with E-state index < -0.39 is 0 Å². The van der Waals surface area contributed by atoms with Gasteiger partial charge >= 0.3 is 0 Å². The minimum absolute atomic E-state index is 0.0608. The van der Waals surface area contributed by atoms with Gasteiger partial charge in [0.25, 0.3) is 0 Å². The van der Waals surface area contributed by atoms with E-state index in [1.807, 2.05) is 55.6 Å². The largest absolute Gasteiger partial charge is 0.301 e. The van der Waals surface area contributed by atoms with Crippen molar-refractivity contribution < 1.29 is 4.79 Å². The molecule has 2 aromatic heterocycles. The number of aromatic nitrogens is 2. The summed E-state index contributed by atoms with van der Waals surface area (Å²) >= 11 is 2.88. The third-order valence-electron chi connectivity index (χ3n) is 3.09. The van der Waals surface area contributed by atoms with Gasteiger partial charge in [-0.25, -0.2) is 9.97 Å². The van der Waals surface area contributed by atoms with Crippen LogP contribution in [0.25, 0.3) is 10.9 Å². The molecular weight excluding hydrogens is 314 g/mol. The number of hydrogen-bond acceptors (Lipinski definition) is 5. The maximum absolute atomic E-state index is 12.2. The Morgan fingerprint density at radius 3 is 2.82 bits per heavy atom. The van der Waals surface area contributed by atoms with Crippen LogP contribution in [-0.4, -0.2) is 21.1 Å². The van der Waals surface area contributed by atoms with Crippen LogP contribution >= 0.6 is 23.1 Å². The quantitative estimate of drug-likeness (QED) is 0.732. The summed E-state index contributed by atoms with van der Waals surface area (Å²) < 4.78 is 0. The number of pyridine rings is 1. The molecular formula is C16H15N3OS2. The van der Waals surface area contributed by atoms with Crippen molar-refractivity contribution in [1.29, 1.82) is 0 Å². The Morgan fingerprint density at radius 1 is 1.23 bits per heavy atom. The van der Waals surface area contributed by atoms with Gasteiger partial charge in [-0.3, -0.25) is 4.79 Å². The Bertz CT molecular complexity index is 816. The normalized spacial score (nSPS) is 12.3. The highest BCUT2D eigenvalue weighted by Crippen LogP contribution is 2.25. The molecule has 3 aromatic rings. The number of benzene rings is 1. The van der Waals surface area contributed by atoms with E-state index in [9.17, 15) is 4.79 Å². The number of nitrogens with one attached hydrogen (secondary N) is 1. The van der Waals surface area contributed by atoms with Crippen molar-refractivity contribution in [1.82, 2.24) is 9.97 Å². The second kappa shape index (κ2) is 6.46. The molecule has 1 aromatic carbocycles. The number of hydrogen-bond donors (Lipinski definition) is 1. The maximum atomic E-state index is 12.2. The fourth-order valence-electron chi connectivity index (χ4n) is 1.97. The number of fused-ring (bicyclic) bond motifs is 1. The summed E-state index contributed by atoms with van der Waals surface area (Å²) in [6.07, 6.45) is 0. The van der Waals surface area contributed by atoms with Gasteiger partial charge in [0.2, 0.25) is 5.91 Å². The molecule has 2 heterocycles. The second-order valence-electron chi connectivity index (χ2n) is 4.89. The van der Waals surface area contributed by atoms with Gasteiger partial charge in [-0.15, -0.1) is 11.3 Å². The lowest BCUT2D eigenvalue weighted by Crippen LogP contribution is -2.22. The molecule has 112 valence electrons. The third-order valence-corrected chi connectivity index (χ3v) is 5.00. The molecule has 1 amide bonds. The number of carbonyl (C=O) groups excluding carboxylic acids is 1. The molecule has 22 heavy (non-hydrogen) atoms. The average Bonchev–Trinajstić information content (AvgIpc) is 2.92. The van der Waals surface area contributed by atoms with Crippen molar-refractivity contribution in [3.8, 4) is 0 Å². The second-order valence-corrected chi connectivity index (χ2v) is 7.10. The Hall–Kier alpha value is -1.92. The van der Waals surface area contributed by atoms with Crippen molar-refractivity contribution in [2.75, 3.05) is 5.32 Å². The highest BCUT2D eigenvalue weighted by molar-refractivity contribution is 8.00. The molecule has 0 aliphatic heterocycles. The molecule has 0 saturated carbocycles. The number of aryl methyl sites for hydroxylation is 1. The van der Waals surface area contributed by atoms with E-state index in [1.54, 1.807) is 0 Å². The van der Waals surface area contributed by atoms with Crippen LogP contribution in [0.4, 0.5) is 5.13 Å². The molecule has 0 spiro atoms. The van der Waals surface area contributed by atoms with Crippen molar-refractivity contribution in [3.05, 3.63) is 47.5 Å². The number of nitrogens with zero attached hydrogens (tertiary/aromatic N) is 2. The number of amides is 1. The molecule has 0 radical (unpaired) electrons. The molecule has 0 saturated heterocycles. The van der Waals surface area contributed by atoms with Crippen LogP contribution in [0.3, 0.4) is 0 Å². The molecule has 0 unspecified atom stereocenters. The zero-order valence-corrected chi connectivity index (χ0v) is 13.9. The summed E-state index contributed by atoms with van der Waals surface area (Å²) in [5.74, 6) is -0.0608. The molecule has 0 bridgehead atoms. The summed E-state index contributed by atoms with van der Waals surface area (Å²) in [6.45, 7) is 3.78. The summed E-state index contributed by atoms with van der Waals surface area (Å²) in [6, 6.07) is 11.9. The van der Waals surface area contributed by atoms with Gasteiger partial charge in [-0.1, -0.05) is 36.0 Å². The molecule has 1 N–H and O–H groups in total. The minimum Gasteiger partial charge on any atom is -0.301 e. The van der Waals surface area contributed by atoms with Gasteiger partial charge in [0.15, 0.2) is 5.13 Å². The van der Waals surface area contributed by atoms with E-state index in [4.69, 9.17) is 0 Å². The predicted molar refractivity (Wildman–Crippen MR) is 92.5 cm³/mol. The zero-order chi connectivity index (χ0) is 15.5. The molecule has 4 nitrogen and oxygen atoms in total. The molecule has 0 aliphatic carbocycles. The highest BCUT2D eigenvalue weighted by atomic mass is 32.2. The fourth-order valence-corrected chi connectivity index (χ4v) is 3.48. The van der Waals surface area contributed by atoms with Gasteiger partial charge in [0, 0.05) is 10.8 Å². The first-order valence-corrected chi connectivity index (χ1v) is 8.63. The maximum Gasteiger partial charge on any atom is 0.239 e. The summed E-state index contributed by atoms with van der Waals surface area (Å²) in [5, 5.41) is 7.10. The average molecular weight is 329 g/mol. The smallest absolute Gasteiger partial charge is 0.239 e. The van der Waals surface area contributed by atoms with Crippen LogP contribution in [0.5, 0.6) is 0 Å². The summed E-state index contributed by atoms with van der Waals surface area (Å²) in [5.41, 5.74) is 1.85. The molecule has 0 fully saturated rings. The third kappa shape index (κ3) is 3.45. The highest BCUT2D eigenvalue weighted by Gasteiger charge is 2.16. The molecule has 1 atom stereocenters. The summed E-state index contributed by atoms with van der Waals surface area (Å²) in [7, 11) is 0. The van der Waals surface area contributed by atoms with E-state index in [-0.39, 0.29) is 11.2 Å². The van der Waals surface area contributed by atoms with Crippen LogP contribution in [0.1, 0.15) is 12.6 Å². The van der Waals surface area contributed by atoms with Crippen LogP contribution in [0.15, 0.2) is 46.8 Å². The summed E-state index contributed by atoms with van der Waals surface area (Å²) in [4.78, 5) is 21.0. The topological polar surface area (TPSA) is 54.9 Å². The van der Waals surface area contributed by atoms with Crippen molar-refractivity contribution in [2.24, 2.45) is 0 Å². The number of anilines is 1. The molecule has 3 rings (SSSR count). The Labute approximate surface area is 137 Å². The molecule has 6 heteroatoms. The SMILES string of the molecule is Cc1csc(NC(=O)[C@H](C)Sc2ccc3ccccc3n2)n1. The Balaban J connectivity index is 1.69. The Kier molecular flexibility index (Phi) is 4.40. The lowest BCUT2D eigenvalue weighted by atomic mass is 10.2. The predicted octanol–water partition coefficient (Wildman–Crippen LogP) is 4.12. The van der Waals surface area contributed by atoms with Crippen LogP contribution in [0, 0.1) is 6.92 Å². The van der Waals surface area contributed by atoms with E-state index in [0.717, 1.165) is 21.6 Å². The van der Waals surface area contributed by atoms with Crippen LogP contribution in [0.2, 0.25) is 0 Å². The lowest BCUT2D eigenvalue weighted by Gasteiger charge is -2.10. The van der Waals surface area contributed by atoms with Gasteiger partial charge in [0.05, 0.1) is 21.5 Å². The number of thiazole rings is 1. The van der Waals surface area contributed by atoms with Crippen LogP contribution < -0.4 is 5.32 Å². The first-order chi connectivity index (χ1) is 10.6. The van der Waals surface area contributed by atoms with Crippen LogP contribution in [-0.2, 0) is 4.79 Å². The van der Waals surface area contributed by atoms with E-state index in [1.165, 1.54) is 23.1 Å². The fraction of sp³-hybridized carbons (Fsp3) is 0.188. The van der Waals surface area contributed by atoms with Gasteiger partial charge in [0.1, 0.15) is 0 Å². The van der Waals surface area contributed by atoms with E-state index >= 15 is 0 Å². The monoisotopic (exact) mass is 329 g/mol. The van der Waals surface area contributed by atoms with Crippen molar-refractivity contribution >= 4 is 45.0 Å². The number of thioether (sulfide) groups is 1. The number of rotatable bonds is 4. The molecule has 0 aliphatic rings. The minimum atomic E-state index is -0.238. The lowest BCUT2D eigenvalue weighted by molar-refractivity contribution is -0.115. The Morgan fingerprint density at radius 2 is 2.05 bits per heavy atom. The first-order valence-electron chi connectivity index (χ1n) is 6.87. The number of para-hydroxylation sites is 1. The van der Waals surface area contributed by atoms with Gasteiger partial charge < -0.3 is 5.32 Å². The van der Waals surface area contributed by atoms with Crippen molar-refractivity contribution in [2.45, 2.75) is 24.1 Å². The van der Waals surface area contributed by atoms with Gasteiger partial charge in [-0.05, 0) is 26.0 Å². The van der Waals surface area contributed by atoms with Gasteiger partial charge in [-0.2, -0.15) is 0 Å². The van der Waals surface area contributed by atoms with E-state index in [2.05, 4.69) is 15.3 Å². The zero-order valence-electron chi connectivity index (χ0n) is 12.2. The first kappa shape index (κ1) is 15.0.